The molecule has 2 aromatic carbocycles. The first kappa shape index (κ1) is 19.8. The third kappa shape index (κ3) is 3.85. The number of carbonyl (C=O) groups is 1. The fourth-order valence-electron chi connectivity index (χ4n) is 2.64. The first-order valence-corrected chi connectivity index (χ1v) is 9.53. The Labute approximate surface area is 170 Å². The summed E-state index contributed by atoms with van der Waals surface area (Å²) in [5, 5.41) is 21.2. The van der Waals surface area contributed by atoms with Gasteiger partial charge in [-0.05, 0) is 43.7 Å². The maximum atomic E-state index is 12.8. The van der Waals surface area contributed by atoms with Crippen LogP contribution in [-0.2, 0) is 4.79 Å². The van der Waals surface area contributed by atoms with Crippen molar-refractivity contribution in [2.75, 3.05) is 11.5 Å². The summed E-state index contributed by atoms with van der Waals surface area (Å²) in [5.74, 6) is -0.874. The predicted molar refractivity (Wildman–Crippen MR) is 113 cm³/mol. The summed E-state index contributed by atoms with van der Waals surface area (Å²) in [4.78, 5) is 25.1. The van der Waals surface area contributed by atoms with Gasteiger partial charge in [0.15, 0.2) is 10.1 Å². The Morgan fingerprint density at radius 1 is 1.32 bits per heavy atom. The molecular weight excluding hydrogens is 400 g/mol. The molecule has 1 N–H and O–H groups in total. The average Bonchev–Trinajstić information content (AvgIpc) is 2.92. The lowest BCUT2D eigenvalue weighted by Gasteiger charge is -2.14. The normalized spacial score (nSPS) is 15.4. The van der Waals surface area contributed by atoms with Crippen molar-refractivity contribution < 1.29 is 19.6 Å². The minimum Gasteiger partial charge on any atom is -0.500 e. The molecule has 1 saturated heterocycles. The van der Waals surface area contributed by atoms with Gasteiger partial charge in [0.1, 0.15) is 0 Å². The molecule has 7 nitrogen and oxygen atoms in total. The predicted octanol–water partition coefficient (Wildman–Crippen LogP) is 4.41. The van der Waals surface area contributed by atoms with E-state index in [2.05, 4.69) is 0 Å². The van der Waals surface area contributed by atoms with Crippen molar-refractivity contribution in [2.24, 2.45) is 0 Å². The number of thiocarbonyl (C=S) groups is 1. The van der Waals surface area contributed by atoms with E-state index in [9.17, 15) is 20.0 Å². The molecule has 3 rings (SSSR count). The molecule has 0 radical (unpaired) electrons. The standard InChI is InChI=1S/C19H16N2O5S2/c1-3-26-15-9-12(8-14(17(15)22)21(24)25)10-16-18(23)20(19(27)28-16)13-6-4-11(2)5-7-13/h4-10,22H,3H2,1-2H3/b16-10+. The van der Waals surface area contributed by atoms with Gasteiger partial charge in [0.05, 0.1) is 22.1 Å². The van der Waals surface area contributed by atoms with Gasteiger partial charge in [-0.2, -0.15) is 0 Å². The number of hydrogen-bond donors (Lipinski definition) is 1. The number of nitro groups is 1. The number of rotatable bonds is 5. The van der Waals surface area contributed by atoms with Crippen molar-refractivity contribution in [1.29, 1.82) is 0 Å². The van der Waals surface area contributed by atoms with E-state index >= 15 is 0 Å². The van der Waals surface area contributed by atoms with Gasteiger partial charge in [0.2, 0.25) is 5.75 Å². The van der Waals surface area contributed by atoms with E-state index in [0.29, 0.717) is 20.5 Å². The molecule has 1 amide bonds. The number of anilines is 1. The van der Waals surface area contributed by atoms with Crippen molar-refractivity contribution >= 4 is 51.7 Å². The van der Waals surface area contributed by atoms with Crippen LogP contribution in [0.1, 0.15) is 18.1 Å². The highest BCUT2D eigenvalue weighted by atomic mass is 32.2. The Morgan fingerprint density at radius 3 is 2.61 bits per heavy atom. The maximum absolute atomic E-state index is 12.8. The highest BCUT2D eigenvalue weighted by molar-refractivity contribution is 8.27. The summed E-state index contributed by atoms with van der Waals surface area (Å²) in [7, 11) is 0. The number of nitro benzene ring substituents is 1. The lowest BCUT2D eigenvalue weighted by Crippen LogP contribution is -2.27. The third-order valence-electron chi connectivity index (χ3n) is 3.96. The second-order valence-electron chi connectivity index (χ2n) is 5.93. The Bertz CT molecular complexity index is 1000. The van der Waals surface area contributed by atoms with Crippen LogP contribution in [0.2, 0.25) is 0 Å². The highest BCUT2D eigenvalue weighted by Gasteiger charge is 2.33. The number of hydrogen-bond acceptors (Lipinski definition) is 7. The number of aromatic hydroxyl groups is 1. The summed E-state index contributed by atoms with van der Waals surface area (Å²) >= 11 is 6.44. The molecule has 1 aliphatic heterocycles. The Balaban J connectivity index is 1.99. The minimum atomic E-state index is -0.702. The van der Waals surface area contributed by atoms with Crippen LogP contribution in [0.25, 0.3) is 6.08 Å². The van der Waals surface area contributed by atoms with Crippen LogP contribution >= 0.6 is 24.0 Å². The molecule has 9 heteroatoms. The van der Waals surface area contributed by atoms with Crippen LogP contribution in [0.3, 0.4) is 0 Å². The molecule has 0 aliphatic carbocycles. The number of phenols is 1. The lowest BCUT2D eigenvalue weighted by atomic mass is 10.1. The van der Waals surface area contributed by atoms with Gasteiger partial charge in [0, 0.05) is 6.07 Å². The first-order chi connectivity index (χ1) is 13.3. The summed E-state index contributed by atoms with van der Waals surface area (Å²) in [6, 6.07) is 10.0. The molecule has 28 heavy (non-hydrogen) atoms. The fraction of sp³-hybridized carbons (Fsp3) is 0.158. The zero-order chi connectivity index (χ0) is 20.4. The molecule has 0 bridgehead atoms. The number of phenolic OH excluding ortho intramolecular Hbond substituents is 1. The Hall–Kier alpha value is -2.91. The molecule has 144 valence electrons. The van der Waals surface area contributed by atoms with Crippen molar-refractivity contribution in [3.8, 4) is 11.5 Å². The van der Waals surface area contributed by atoms with Gasteiger partial charge in [-0.15, -0.1) is 0 Å². The van der Waals surface area contributed by atoms with Crippen molar-refractivity contribution in [3.63, 3.8) is 0 Å². The minimum absolute atomic E-state index is 0.0167. The maximum Gasteiger partial charge on any atom is 0.315 e. The molecule has 2 aromatic rings. The number of thioether (sulfide) groups is 1. The van der Waals surface area contributed by atoms with E-state index in [1.54, 1.807) is 6.92 Å². The number of amides is 1. The second kappa shape index (κ2) is 7.99. The van der Waals surface area contributed by atoms with Crippen LogP contribution in [0, 0.1) is 17.0 Å². The van der Waals surface area contributed by atoms with Gasteiger partial charge in [0.25, 0.3) is 5.91 Å². The van der Waals surface area contributed by atoms with Crippen molar-refractivity contribution in [2.45, 2.75) is 13.8 Å². The smallest absolute Gasteiger partial charge is 0.315 e. The van der Waals surface area contributed by atoms with Gasteiger partial charge < -0.3 is 9.84 Å². The summed E-state index contributed by atoms with van der Waals surface area (Å²) in [6.45, 7) is 3.87. The van der Waals surface area contributed by atoms with Gasteiger partial charge in [-0.3, -0.25) is 19.8 Å². The molecule has 0 saturated carbocycles. The number of aryl methyl sites for hydroxylation is 1. The van der Waals surface area contributed by atoms with Crippen LogP contribution in [0.4, 0.5) is 11.4 Å². The number of nitrogens with zero attached hydrogens (tertiary/aromatic N) is 2. The fourth-order valence-corrected chi connectivity index (χ4v) is 3.94. The van der Waals surface area contributed by atoms with E-state index in [1.807, 2.05) is 31.2 Å². The van der Waals surface area contributed by atoms with Crippen LogP contribution in [0.5, 0.6) is 11.5 Å². The van der Waals surface area contributed by atoms with Gasteiger partial charge in [-0.25, -0.2) is 0 Å². The average molecular weight is 416 g/mol. The highest BCUT2D eigenvalue weighted by Crippen LogP contribution is 2.40. The monoisotopic (exact) mass is 416 g/mol. The van der Waals surface area contributed by atoms with Crippen LogP contribution in [0.15, 0.2) is 41.3 Å². The molecule has 1 fully saturated rings. The van der Waals surface area contributed by atoms with E-state index in [1.165, 1.54) is 23.1 Å². The summed E-state index contributed by atoms with van der Waals surface area (Å²) in [6.07, 6.45) is 1.50. The molecular formula is C19H16N2O5S2. The van der Waals surface area contributed by atoms with E-state index in [0.717, 1.165) is 17.3 Å². The second-order valence-corrected chi connectivity index (χ2v) is 7.61. The van der Waals surface area contributed by atoms with Crippen molar-refractivity contribution in [3.05, 3.63) is 62.5 Å². The molecule has 0 unspecified atom stereocenters. The van der Waals surface area contributed by atoms with Crippen LogP contribution < -0.4 is 9.64 Å². The number of ether oxygens (including phenoxy) is 1. The topological polar surface area (TPSA) is 92.9 Å². The van der Waals surface area contributed by atoms with Crippen molar-refractivity contribution in [1.82, 2.24) is 0 Å². The van der Waals surface area contributed by atoms with E-state index in [-0.39, 0.29) is 18.3 Å². The summed E-state index contributed by atoms with van der Waals surface area (Å²) in [5.41, 5.74) is 1.58. The van der Waals surface area contributed by atoms with E-state index in [4.69, 9.17) is 17.0 Å². The number of carbonyl (C=O) groups excluding carboxylic acids is 1. The largest absolute Gasteiger partial charge is 0.500 e. The molecule has 0 aromatic heterocycles. The molecule has 1 aliphatic rings. The zero-order valence-electron chi connectivity index (χ0n) is 15.0. The van der Waals surface area contributed by atoms with Gasteiger partial charge >= 0.3 is 5.69 Å². The SMILES string of the molecule is CCOc1cc(/C=C2/SC(=S)N(c3ccc(C)cc3)C2=O)cc([N+](=O)[O-])c1O. The Kier molecular flexibility index (Phi) is 5.66. The van der Waals surface area contributed by atoms with E-state index < -0.39 is 16.4 Å². The van der Waals surface area contributed by atoms with Gasteiger partial charge in [-0.1, -0.05) is 41.7 Å². The first-order valence-electron chi connectivity index (χ1n) is 8.30. The third-order valence-corrected chi connectivity index (χ3v) is 5.26. The summed E-state index contributed by atoms with van der Waals surface area (Å²) < 4.78 is 5.64. The zero-order valence-corrected chi connectivity index (χ0v) is 16.7. The molecule has 1 heterocycles. The quantitative estimate of drug-likeness (QED) is 0.334. The number of benzene rings is 2. The lowest BCUT2D eigenvalue weighted by molar-refractivity contribution is -0.386. The Morgan fingerprint density at radius 2 is 2.00 bits per heavy atom. The molecule has 0 atom stereocenters. The van der Waals surface area contributed by atoms with Crippen LogP contribution in [-0.4, -0.2) is 26.9 Å². The molecule has 0 spiro atoms.